The zero-order valence-electron chi connectivity index (χ0n) is 83.5. The number of carbonyl (C=O) groups is 12. The minimum Gasteiger partial charge on any atom is -0.495 e. The van der Waals surface area contributed by atoms with Crippen molar-refractivity contribution in [2.75, 3.05) is 226 Å². The third kappa shape index (κ3) is 38.1. The molecule has 2 heterocycles. The summed E-state index contributed by atoms with van der Waals surface area (Å²) in [5.41, 5.74) is 24.3. The van der Waals surface area contributed by atoms with E-state index in [1.807, 2.05) is 92.9 Å². The highest BCUT2D eigenvalue weighted by molar-refractivity contribution is 6.11. The molecule has 2 aliphatic rings. The molecular weight excluding hydrogens is 1860 g/mol. The predicted octanol–water partition coefficient (Wildman–Crippen LogP) is 4.64. The summed E-state index contributed by atoms with van der Waals surface area (Å²) < 4.78 is 114. The van der Waals surface area contributed by atoms with Crippen LogP contribution in [-0.2, 0) is 66.4 Å². The molecule has 12 amide bonds. The largest absolute Gasteiger partial charge is 0.495 e. The molecule has 0 spiro atoms. The Morgan fingerprint density at radius 3 is 0.613 bits per heavy atom. The monoisotopic (exact) mass is 2000 g/mol. The smallest absolute Gasteiger partial charge is 0.273 e. The summed E-state index contributed by atoms with van der Waals surface area (Å²) in [4.78, 5) is 176. The highest BCUT2D eigenvalue weighted by atomic mass is 16.6. The fourth-order valence-corrected chi connectivity index (χ4v) is 14.4. The summed E-state index contributed by atoms with van der Waals surface area (Å²) in [6, 6.07) is 13.5. The van der Waals surface area contributed by atoms with E-state index < -0.39 is 94.1 Å². The van der Waals surface area contributed by atoms with Gasteiger partial charge in [-0.25, -0.2) is 0 Å². The molecule has 46 heteroatoms. The summed E-state index contributed by atoms with van der Waals surface area (Å²) in [5, 5.41) is 0. The second-order valence-corrected chi connectivity index (χ2v) is 32.8. The van der Waals surface area contributed by atoms with Crippen molar-refractivity contribution < 1.29 is 152 Å². The van der Waals surface area contributed by atoms with Crippen LogP contribution in [0.4, 0.5) is 0 Å². The van der Waals surface area contributed by atoms with Crippen molar-refractivity contribution in [3.8, 4) is 46.0 Å². The van der Waals surface area contributed by atoms with Crippen molar-refractivity contribution in [2.45, 2.75) is 132 Å². The fourth-order valence-electron chi connectivity index (χ4n) is 14.4. The van der Waals surface area contributed by atoms with Gasteiger partial charge in [-0.2, -0.15) is 0 Å². The van der Waals surface area contributed by atoms with Crippen LogP contribution in [0.1, 0.15) is 212 Å². The van der Waals surface area contributed by atoms with Gasteiger partial charge >= 0.3 is 0 Å². The Morgan fingerprint density at radius 2 is 0.430 bits per heavy atom. The number of methoxy groups -OCH3 is 2. The SMILES string of the molecule is CCOCCOCCOc1cc(OCCOCCOCC)c(C(=O)NNC(=O)c2cccc(C(=O)NNC(=O)c3cc(C(=O)NNC(=O)[C@H]4CCCN4C(C)(C)C)c(OCCOCCOCC)cc3OCCOCCOCC)c2OC)cc1C(=O)NNC(=O)c1cccc(C(=O)NNC(=O)c2cc(C(=O)NNC(=O)[C@H]3CCCN3C(C)(C)C)c(OCCOCCOCC)cc2OCCOCCOCC)c1OC. The number of para-hydroxylation sites is 2. The third-order valence-electron chi connectivity index (χ3n) is 21.1. The van der Waals surface area contributed by atoms with Gasteiger partial charge in [-0.15, -0.1) is 0 Å². The second kappa shape index (κ2) is 63.5. The van der Waals surface area contributed by atoms with Gasteiger partial charge in [-0.3, -0.25) is 132 Å². The molecule has 2 atom stereocenters. The van der Waals surface area contributed by atoms with Crippen molar-refractivity contribution in [1.82, 2.24) is 74.9 Å². The molecule has 2 fully saturated rings. The first-order valence-corrected chi connectivity index (χ1v) is 47.2. The van der Waals surface area contributed by atoms with Gasteiger partial charge in [0.25, 0.3) is 70.9 Å². The summed E-state index contributed by atoms with van der Waals surface area (Å²) in [6.45, 7) is 28.9. The average molecular weight is 2000 g/mol. The summed E-state index contributed by atoms with van der Waals surface area (Å²) in [6.07, 6.45) is 2.55. The zero-order chi connectivity index (χ0) is 103. The molecule has 5 aromatic carbocycles. The lowest BCUT2D eigenvalue weighted by Gasteiger charge is -2.36. The quantitative estimate of drug-likeness (QED) is 0.0186. The number of hydrogen-bond donors (Lipinski definition) is 12. The van der Waals surface area contributed by atoms with Gasteiger partial charge in [0.15, 0.2) is 0 Å². The van der Waals surface area contributed by atoms with Crippen LogP contribution < -0.4 is 103 Å². The maximum absolute atomic E-state index is 14.8. The zero-order valence-corrected chi connectivity index (χ0v) is 83.5. The van der Waals surface area contributed by atoms with Crippen LogP contribution in [0.3, 0.4) is 0 Å². The molecule has 786 valence electrons. The van der Waals surface area contributed by atoms with E-state index in [1.165, 1.54) is 54.6 Å². The van der Waals surface area contributed by atoms with E-state index >= 15 is 0 Å². The van der Waals surface area contributed by atoms with Gasteiger partial charge in [-0.1, -0.05) is 12.1 Å². The molecule has 0 bridgehead atoms. The van der Waals surface area contributed by atoms with E-state index in [-0.39, 0.29) is 234 Å². The number of nitrogens with one attached hydrogen (secondary N) is 12. The molecule has 142 heavy (non-hydrogen) atoms. The van der Waals surface area contributed by atoms with E-state index in [4.69, 9.17) is 94.7 Å². The summed E-state index contributed by atoms with van der Waals surface area (Å²) >= 11 is 0. The van der Waals surface area contributed by atoms with Crippen LogP contribution in [0, 0.1) is 0 Å². The van der Waals surface area contributed by atoms with Crippen LogP contribution in [0.15, 0.2) is 72.8 Å². The molecule has 2 aliphatic heterocycles. The van der Waals surface area contributed by atoms with Crippen molar-refractivity contribution in [2.24, 2.45) is 0 Å². The van der Waals surface area contributed by atoms with E-state index in [1.54, 1.807) is 0 Å². The lowest BCUT2D eigenvalue weighted by molar-refractivity contribution is -0.128. The minimum atomic E-state index is -1.13. The number of carbonyl (C=O) groups excluding carboxylic acids is 12. The van der Waals surface area contributed by atoms with Crippen LogP contribution >= 0.6 is 0 Å². The summed E-state index contributed by atoms with van der Waals surface area (Å²) in [7, 11) is 2.28. The van der Waals surface area contributed by atoms with Gasteiger partial charge in [0.1, 0.15) is 85.6 Å². The molecule has 0 aromatic heterocycles. The number of ether oxygens (including phenoxy) is 20. The fraction of sp³-hybridized carbons (Fsp3) is 0.562. The maximum atomic E-state index is 14.8. The van der Waals surface area contributed by atoms with Gasteiger partial charge < -0.3 is 94.7 Å². The number of hydrazine groups is 6. The van der Waals surface area contributed by atoms with Crippen molar-refractivity contribution >= 4 is 70.9 Å². The van der Waals surface area contributed by atoms with E-state index in [0.29, 0.717) is 92.0 Å². The van der Waals surface area contributed by atoms with Gasteiger partial charge in [0.05, 0.1) is 201 Å². The molecule has 0 unspecified atom stereocenters. The highest BCUT2D eigenvalue weighted by Crippen LogP contribution is 2.36. The first kappa shape index (κ1) is 117. The molecule has 5 aromatic rings. The van der Waals surface area contributed by atoms with Crippen molar-refractivity contribution in [1.29, 1.82) is 0 Å². The standard InChI is InChI=1S/C96H140N14O32/c1-15-125-33-39-131-45-51-137-75-60-76(138-52-46-132-40-34-126-16-2)68(88(116)102-98-84(112)64-26-22-28-66(82(64)124-14)86(114)100-104-90(118)70-59-72(92(120)106-108-94(122)74-30-24-32-110(74)96(10,11)12)80(142-56-50-136-44-38-130-20-6)62-78(70)140-54-48-134-42-36-128-18-4)57-67(75)87(115)101-97-83(111)63-25-21-27-65(81(63)123-13)85(113)99-103-89(117)69-58-71(91(119)105-107-93(121)73-29-23-31-109(73)95(7,8)9)79(141-55-49-135-43-37-129-19-5)61-77(69)139-53-47-133-41-35-127-17-3/h21-22,25-28,57-62,73-74H,15-20,23-24,29-56H2,1-14H3,(H,97,111)(H,98,112)(H,99,113)(H,100,114)(H,101,115)(H,102,116)(H,103,117)(H,104,118)(H,105,119)(H,106,120)(H,107,121)(H,108,122)/t73-,74-/m1/s1. The van der Waals surface area contributed by atoms with E-state index in [9.17, 15) is 57.5 Å². The Morgan fingerprint density at radius 1 is 0.254 bits per heavy atom. The normalized spacial score (nSPS) is 13.6. The maximum Gasteiger partial charge on any atom is 0.273 e. The van der Waals surface area contributed by atoms with Crippen LogP contribution in [-0.4, -0.2) is 329 Å². The number of amides is 12. The number of hydrogen-bond acceptors (Lipinski definition) is 34. The third-order valence-corrected chi connectivity index (χ3v) is 21.1. The lowest BCUT2D eigenvalue weighted by Crippen LogP contribution is -2.54. The van der Waals surface area contributed by atoms with Crippen molar-refractivity contribution in [3.63, 3.8) is 0 Å². The molecular formula is C96H140N14O32. The Labute approximate surface area is 826 Å². The molecule has 7 rings (SSSR count). The lowest BCUT2D eigenvalue weighted by atomic mass is 10.0. The first-order valence-electron chi connectivity index (χ1n) is 47.2. The number of benzene rings is 5. The Bertz CT molecular complexity index is 4590. The van der Waals surface area contributed by atoms with Crippen LogP contribution in [0.25, 0.3) is 0 Å². The van der Waals surface area contributed by atoms with Crippen molar-refractivity contribution in [3.05, 3.63) is 128 Å². The summed E-state index contributed by atoms with van der Waals surface area (Å²) in [5.74, 6) is -13.0. The van der Waals surface area contributed by atoms with E-state index in [0.717, 1.165) is 45.3 Å². The van der Waals surface area contributed by atoms with Crippen LogP contribution in [0.5, 0.6) is 46.0 Å². The molecule has 12 N–H and O–H groups in total. The Balaban J connectivity index is 1.14. The molecule has 0 aliphatic carbocycles. The highest BCUT2D eigenvalue weighted by Gasteiger charge is 2.40. The first-order chi connectivity index (χ1) is 68.5. The van der Waals surface area contributed by atoms with Crippen LogP contribution in [0.2, 0.25) is 0 Å². The number of rotatable bonds is 62. The topological polar surface area (TPSA) is 540 Å². The molecule has 2 saturated heterocycles. The number of nitrogens with zero attached hydrogens (tertiary/aromatic N) is 2. The second-order valence-electron chi connectivity index (χ2n) is 32.8. The molecule has 0 radical (unpaired) electrons. The average Bonchev–Trinajstić information content (AvgIpc) is 1.08. The van der Waals surface area contributed by atoms with E-state index in [2.05, 4.69) is 65.1 Å². The molecule has 0 saturated carbocycles. The van der Waals surface area contributed by atoms with Gasteiger partial charge in [0.2, 0.25) is 0 Å². The Hall–Kier alpha value is -12.4. The van der Waals surface area contributed by atoms with Gasteiger partial charge in [0, 0.05) is 68.9 Å². The van der Waals surface area contributed by atoms with Gasteiger partial charge in [-0.05, 0) is 164 Å². The molecule has 46 nitrogen and oxygen atoms in total. The number of likely N-dealkylation sites (tertiary alicyclic amines) is 2. The minimum absolute atomic E-state index is 0.0129. The Kier molecular flexibility index (Phi) is 52.1. The predicted molar refractivity (Wildman–Crippen MR) is 512 cm³/mol.